The van der Waals surface area contributed by atoms with Gasteiger partial charge in [0.05, 0.1) is 0 Å². The molecule has 5 heteroatoms. The molecule has 0 unspecified atom stereocenters. The van der Waals surface area contributed by atoms with Gasteiger partial charge in [-0.3, -0.25) is 0 Å². The first kappa shape index (κ1) is 9.94. The lowest BCUT2D eigenvalue weighted by atomic mass is 10.7. The third kappa shape index (κ3) is 1.71. The molecule has 0 heterocycles. The summed E-state index contributed by atoms with van der Waals surface area (Å²) >= 11 is 0. The molecule has 0 aromatic rings. The van der Waals surface area contributed by atoms with Crippen LogP contribution in [0.4, 0.5) is 17.6 Å². The average Bonchev–Trinajstić information content (AvgIpc) is 1.62. The molecule has 0 aliphatic rings. The van der Waals surface area contributed by atoms with Crippen LogP contribution in [0.2, 0.25) is 19.6 Å². The summed E-state index contributed by atoms with van der Waals surface area (Å²) in [6, 6.07) is 0. The van der Waals surface area contributed by atoms with Crippen LogP contribution in [0.5, 0.6) is 0 Å². The average molecular weight is 174 g/mol. The van der Waals surface area contributed by atoms with Gasteiger partial charge in [0.2, 0.25) is 0 Å². The summed E-state index contributed by atoms with van der Waals surface area (Å²) in [5, 5.41) is 0. The molecule has 62 valence electrons. The zero-order valence-corrected chi connectivity index (χ0v) is 7.09. The summed E-state index contributed by atoms with van der Waals surface area (Å²) in [5.74, 6) is 0. The zero-order valence-electron chi connectivity index (χ0n) is 6.09. The number of hydrogen-bond acceptors (Lipinski definition) is 0. The van der Waals surface area contributed by atoms with E-state index in [0.29, 0.717) is 0 Å². The standard InChI is InChI=1S/C5H10F4Si/c1-10(2,3)5(8,9)4(6)7/h4H,1-3H3. The number of rotatable bonds is 2. The molecule has 0 aromatic heterocycles. The molecular formula is C5H10F4Si. The Bertz CT molecular complexity index is 115. The van der Waals surface area contributed by atoms with E-state index >= 15 is 0 Å². The quantitative estimate of drug-likeness (QED) is 0.446. The second-order valence-electron chi connectivity index (χ2n) is 3.17. The number of halogens is 4. The predicted octanol–water partition coefficient (Wildman–Crippen LogP) is 2.76. The van der Waals surface area contributed by atoms with Gasteiger partial charge in [-0.25, -0.2) is 17.6 Å². The minimum atomic E-state index is -3.76. The lowest BCUT2D eigenvalue weighted by Gasteiger charge is -2.27. The first-order valence-electron chi connectivity index (χ1n) is 2.85. The fourth-order valence-corrected chi connectivity index (χ4v) is 0.982. The Morgan fingerprint density at radius 1 is 1.10 bits per heavy atom. The minimum absolute atomic E-state index is 1.22. The van der Waals surface area contributed by atoms with Gasteiger partial charge in [0.15, 0.2) is 0 Å². The maximum atomic E-state index is 12.4. The van der Waals surface area contributed by atoms with Crippen molar-refractivity contribution < 1.29 is 17.6 Å². The van der Waals surface area contributed by atoms with E-state index < -0.39 is 20.0 Å². The fraction of sp³-hybridized carbons (Fsp3) is 1.00. The third-order valence-electron chi connectivity index (χ3n) is 1.27. The topological polar surface area (TPSA) is 0 Å². The second kappa shape index (κ2) is 2.52. The highest BCUT2D eigenvalue weighted by Crippen LogP contribution is 2.32. The molecule has 0 bridgehead atoms. The Balaban J connectivity index is 4.40. The van der Waals surface area contributed by atoms with Crippen molar-refractivity contribution in [1.29, 1.82) is 0 Å². The van der Waals surface area contributed by atoms with Gasteiger partial charge in [0.25, 0.3) is 12.0 Å². The van der Waals surface area contributed by atoms with Crippen molar-refractivity contribution in [2.75, 3.05) is 0 Å². The monoisotopic (exact) mass is 174 g/mol. The van der Waals surface area contributed by atoms with Gasteiger partial charge in [-0.15, -0.1) is 0 Å². The van der Waals surface area contributed by atoms with Crippen LogP contribution in [0, 0.1) is 0 Å². The highest BCUT2D eigenvalue weighted by molar-refractivity contribution is 6.78. The van der Waals surface area contributed by atoms with Crippen molar-refractivity contribution in [3.8, 4) is 0 Å². The fourth-order valence-electron chi connectivity index (χ4n) is 0.327. The molecule has 0 aromatic carbocycles. The Hall–Kier alpha value is -0.0631. The van der Waals surface area contributed by atoms with Gasteiger partial charge in [-0.05, 0) is 0 Å². The van der Waals surface area contributed by atoms with Crippen LogP contribution in [0.15, 0.2) is 0 Å². The summed E-state index contributed by atoms with van der Waals surface area (Å²) in [4.78, 5) is 0. The van der Waals surface area contributed by atoms with E-state index in [1.165, 1.54) is 19.6 Å². The van der Waals surface area contributed by atoms with E-state index in [0.717, 1.165) is 0 Å². The van der Waals surface area contributed by atoms with E-state index in [2.05, 4.69) is 0 Å². The normalized spacial score (nSPS) is 14.4. The lowest BCUT2D eigenvalue weighted by molar-refractivity contribution is -0.0723. The zero-order chi connectivity index (χ0) is 8.58. The molecule has 0 rings (SSSR count). The summed E-state index contributed by atoms with van der Waals surface area (Å²) < 4.78 is 47.9. The smallest absolute Gasteiger partial charge is 0.206 e. The number of alkyl halides is 4. The van der Waals surface area contributed by atoms with Crippen molar-refractivity contribution in [3.63, 3.8) is 0 Å². The molecule has 0 aliphatic heterocycles. The van der Waals surface area contributed by atoms with Gasteiger partial charge in [0, 0.05) is 0 Å². The van der Waals surface area contributed by atoms with Crippen LogP contribution in [-0.2, 0) is 0 Å². The van der Waals surface area contributed by atoms with Gasteiger partial charge >= 0.3 is 0 Å². The molecule has 0 nitrogen and oxygen atoms in total. The molecule has 0 atom stereocenters. The predicted molar refractivity (Wildman–Crippen MR) is 34.3 cm³/mol. The second-order valence-corrected chi connectivity index (χ2v) is 8.34. The van der Waals surface area contributed by atoms with Crippen LogP contribution in [-0.4, -0.2) is 20.0 Å². The molecule has 0 saturated heterocycles. The molecule has 0 N–H and O–H groups in total. The summed E-state index contributed by atoms with van der Waals surface area (Å²) in [7, 11) is -3.03. The van der Waals surface area contributed by atoms with E-state index in [9.17, 15) is 17.6 Å². The van der Waals surface area contributed by atoms with Crippen molar-refractivity contribution >= 4 is 8.07 Å². The first-order chi connectivity index (χ1) is 4.19. The molecule has 0 radical (unpaired) electrons. The summed E-state index contributed by atoms with van der Waals surface area (Å²) in [6.45, 7) is 3.66. The van der Waals surface area contributed by atoms with E-state index in [1.807, 2.05) is 0 Å². The molecule has 0 spiro atoms. The molecular weight excluding hydrogens is 164 g/mol. The lowest BCUT2D eigenvalue weighted by Crippen LogP contribution is -2.50. The summed E-state index contributed by atoms with van der Waals surface area (Å²) in [6.07, 6.45) is -3.51. The molecule has 0 fully saturated rings. The van der Waals surface area contributed by atoms with Gasteiger partial charge < -0.3 is 0 Å². The van der Waals surface area contributed by atoms with Crippen LogP contribution in [0.25, 0.3) is 0 Å². The van der Waals surface area contributed by atoms with Crippen molar-refractivity contribution in [1.82, 2.24) is 0 Å². The molecule has 0 aliphatic carbocycles. The molecule has 0 amide bonds. The summed E-state index contributed by atoms with van der Waals surface area (Å²) in [5.41, 5.74) is -3.76. The maximum Gasteiger partial charge on any atom is 0.296 e. The van der Waals surface area contributed by atoms with Crippen LogP contribution in [0.1, 0.15) is 0 Å². The van der Waals surface area contributed by atoms with Crippen LogP contribution in [0.3, 0.4) is 0 Å². The SMILES string of the molecule is C[Si](C)(C)C(F)(F)C(F)F. The largest absolute Gasteiger partial charge is 0.296 e. The van der Waals surface area contributed by atoms with Gasteiger partial charge in [0.1, 0.15) is 8.07 Å². The first-order valence-corrected chi connectivity index (χ1v) is 6.35. The molecule has 10 heavy (non-hydrogen) atoms. The van der Waals surface area contributed by atoms with Crippen molar-refractivity contribution in [2.24, 2.45) is 0 Å². The Kier molecular flexibility index (Phi) is 2.51. The highest BCUT2D eigenvalue weighted by atomic mass is 28.3. The van der Waals surface area contributed by atoms with Gasteiger partial charge in [-0.1, -0.05) is 19.6 Å². The van der Waals surface area contributed by atoms with Gasteiger partial charge in [-0.2, -0.15) is 0 Å². The highest BCUT2D eigenvalue weighted by Gasteiger charge is 2.52. The van der Waals surface area contributed by atoms with Crippen molar-refractivity contribution in [3.05, 3.63) is 0 Å². The Labute approximate surface area is 58.2 Å². The Morgan fingerprint density at radius 3 is 1.40 bits per heavy atom. The van der Waals surface area contributed by atoms with Crippen LogP contribution >= 0.6 is 0 Å². The van der Waals surface area contributed by atoms with Crippen LogP contribution < -0.4 is 0 Å². The molecule has 0 saturated carbocycles. The third-order valence-corrected chi connectivity index (χ3v) is 3.49. The number of hydrogen-bond donors (Lipinski definition) is 0. The van der Waals surface area contributed by atoms with E-state index in [4.69, 9.17) is 0 Å². The minimum Gasteiger partial charge on any atom is -0.206 e. The van der Waals surface area contributed by atoms with E-state index in [1.54, 1.807) is 0 Å². The Morgan fingerprint density at radius 2 is 1.40 bits per heavy atom. The maximum absolute atomic E-state index is 12.4. The van der Waals surface area contributed by atoms with E-state index in [-0.39, 0.29) is 0 Å². The van der Waals surface area contributed by atoms with Crippen molar-refractivity contribution in [2.45, 2.75) is 31.6 Å².